The molecule has 16 aromatic carbocycles. The molecule has 668 valence electrons. The first-order valence-electron chi connectivity index (χ1n) is 47.0. The Morgan fingerprint density at radius 2 is 0.348 bits per heavy atom. The molecule has 0 unspecified atom stereocenters. The van der Waals surface area contributed by atoms with Crippen LogP contribution >= 0.6 is 0 Å². The number of hydrogen-bond donors (Lipinski definition) is 0. The van der Waals surface area contributed by atoms with Crippen molar-refractivity contribution in [3.05, 3.63) is 541 Å². The topological polar surface area (TPSA) is 130 Å². The number of pyridine rings is 5. The van der Waals surface area contributed by atoms with E-state index in [1.165, 1.54) is 0 Å². The van der Waals surface area contributed by atoms with E-state index in [1.807, 2.05) is 250 Å². The van der Waals surface area contributed by atoms with E-state index in [-0.39, 0.29) is 0 Å². The molecular formula is C131H89N5O5. The maximum Gasteiger partial charge on any atom is 0.161 e. The van der Waals surface area contributed by atoms with Gasteiger partial charge in [0.25, 0.3) is 0 Å². The molecule has 0 amide bonds. The molecule has 0 saturated carbocycles. The lowest BCUT2D eigenvalue weighted by atomic mass is 9.91. The van der Waals surface area contributed by atoms with E-state index >= 15 is 0 Å². The number of benzene rings is 16. The summed E-state index contributed by atoms with van der Waals surface area (Å²) in [7, 11) is 0. The Hall–Kier alpha value is -19.0. The van der Waals surface area contributed by atoms with Gasteiger partial charge in [-0.25, -0.2) is 0 Å². The van der Waals surface area contributed by atoms with Gasteiger partial charge in [0.15, 0.2) is 5.76 Å². The summed E-state index contributed by atoms with van der Waals surface area (Å²) in [6.07, 6.45) is 15.0. The lowest BCUT2D eigenvalue weighted by Gasteiger charge is -2.14. The Labute approximate surface area is 816 Å². The molecule has 10 heteroatoms. The Kier molecular flexibility index (Phi) is 25.4. The van der Waals surface area contributed by atoms with E-state index in [2.05, 4.69) is 316 Å². The Balaban J connectivity index is 0.000000101. The van der Waals surface area contributed by atoms with Gasteiger partial charge in [-0.3, -0.25) is 24.9 Å². The lowest BCUT2D eigenvalue weighted by molar-refractivity contribution is 0.599. The second-order valence-corrected chi connectivity index (χ2v) is 33.8. The molecule has 0 bridgehead atoms. The van der Waals surface area contributed by atoms with Crippen molar-refractivity contribution in [2.24, 2.45) is 0 Å². The van der Waals surface area contributed by atoms with Crippen molar-refractivity contribution in [2.45, 2.75) is 0 Å². The van der Waals surface area contributed by atoms with E-state index in [0.717, 1.165) is 234 Å². The van der Waals surface area contributed by atoms with E-state index in [9.17, 15) is 0 Å². The number of furan rings is 5. The summed E-state index contributed by atoms with van der Waals surface area (Å²) in [5.74, 6) is 8.72. The number of nitrogens with zero attached hydrogens (tertiary/aromatic N) is 5. The molecule has 26 aromatic rings. The van der Waals surface area contributed by atoms with Crippen LogP contribution in [0.4, 0.5) is 0 Å². The third-order valence-electron chi connectivity index (χ3n) is 25.1. The molecule has 0 spiro atoms. The van der Waals surface area contributed by atoms with Crippen LogP contribution in [-0.4, -0.2) is 24.9 Å². The minimum atomic E-state index is 0.809. The van der Waals surface area contributed by atoms with E-state index in [1.54, 1.807) is 0 Å². The molecular weight excluding hydrogens is 1720 g/mol. The van der Waals surface area contributed by atoms with Crippen molar-refractivity contribution < 1.29 is 22.1 Å². The zero-order chi connectivity index (χ0) is 94.3. The van der Waals surface area contributed by atoms with Crippen LogP contribution in [0.2, 0.25) is 0 Å². The maximum atomic E-state index is 6.73. The fraction of sp³-hybridized carbons (Fsp3) is 0. The van der Waals surface area contributed by atoms with Crippen molar-refractivity contribution in [3.8, 4) is 180 Å². The van der Waals surface area contributed by atoms with Crippen LogP contribution in [-0.2, 0) is 0 Å². The molecule has 0 aliphatic rings. The highest BCUT2D eigenvalue weighted by Crippen LogP contribution is 2.50. The van der Waals surface area contributed by atoms with Gasteiger partial charge in [0.2, 0.25) is 0 Å². The molecule has 0 N–H and O–H groups in total. The summed E-state index contributed by atoms with van der Waals surface area (Å²) in [6.45, 7) is 0. The lowest BCUT2D eigenvalue weighted by Crippen LogP contribution is -1.91. The van der Waals surface area contributed by atoms with Gasteiger partial charge in [-0.15, -0.1) is 0 Å². The third kappa shape index (κ3) is 18.3. The van der Waals surface area contributed by atoms with Crippen LogP contribution in [0.5, 0.6) is 0 Å². The smallest absolute Gasteiger partial charge is 0.161 e. The van der Waals surface area contributed by atoms with Gasteiger partial charge in [-0.2, -0.15) is 0 Å². The summed E-state index contributed by atoms with van der Waals surface area (Å²) in [5.41, 5.74) is 23.3. The average Bonchev–Trinajstić information content (AvgIpc) is 1.65. The zero-order valence-corrected chi connectivity index (χ0v) is 76.7. The van der Waals surface area contributed by atoms with Gasteiger partial charge in [0.1, 0.15) is 57.5 Å². The van der Waals surface area contributed by atoms with E-state index < -0.39 is 0 Å². The van der Waals surface area contributed by atoms with E-state index in [4.69, 9.17) is 22.1 Å². The second kappa shape index (κ2) is 41.0. The molecule has 10 nitrogen and oxygen atoms in total. The molecule has 0 aliphatic heterocycles. The Morgan fingerprint density at radius 3 is 0.702 bits per heavy atom. The van der Waals surface area contributed by atoms with Gasteiger partial charge >= 0.3 is 0 Å². The molecule has 141 heavy (non-hydrogen) atoms. The van der Waals surface area contributed by atoms with Crippen LogP contribution < -0.4 is 0 Å². The molecule has 0 aliphatic carbocycles. The van der Waals surface area contributed by atoms with Gasteiger partial charge < -0.3 is 22.1 Å². The Bertz CT molecular complexity index is 7900. The van der Waals surface area contributed by atoms with Crippen molar-refractivity contribution >= 4 is 53.9 Å². The van der Waals surface area contributed by atoms with E-state index in [0.29, 0.717) is 0 Å². The first kappa shape index (κ1) is 87.3. The summed E-state index contributed by atoms with van der Waals surface area (Å²) < 4.78 is 32.6. The van der Waals surface area contributed by atoms with Crippen LogP contribution in [0.25, 0.3) is 234 Å². The third-order valence-corrected chi connectivity index (χ3v) is 25.1. The van der Waals surface area contributed by atoms with Gasteiger partial charge in [-0.05, 0) is 63.7 Å². The summed E-state index contributed by atoms with van der Waals surface area (Å²) >= 11 is 0. The Morgan fingerprint density at radius 1 is 0.121 bits per heavy atom. The summed E-state index contributed by atoms with van der Waals surface area (Å²) in [5, 5.41) is 11.0. The highest BCUT2D eigenvalue weighted by Gasteiger charge is 2.28. The van der Waals surface area contributed by atoms with Crippen molar-refractivity contribution in [3.63, 3.8) is 0 Å². The molecule has 0 atom stereocenters. The molecule has 0 fully saturated rings. The molecule has 10 aromatic heterocycles. The molecule has 0 radical (unpaired) electrons. The number of hydrogen-bond acceptors (Lipinski definition) is 10. The predicted octanol–water partition coefficient (Wildman–Crippen LogP) is 35.8. The number of rotatable bonds is 16. The summed E-state index contributed by atoms with van der Waals surface area (Å²) in [4.78, 5) is 22.7. The van der Waals surface area contributed by atoms with Gasteiger partial charge in [-0.1, -0.05) is 461 Å². The van der Waals surface area contributed by atoms with Crippen molar-refractivity contribution in [1.29, 1.82) is 0 Å². The highest BCUT2D eigenvalue weighted by atomic mass is 16.4. The fourth-order valence-electron chi connectivity index (χ4n) is 18.6. The maximum absolute atomic E-state index is 6.73. The van der Waals surface area contributed by atoms with Crippen LogP contribution in [0.1, 0.15) is 0 Å². The first-order chi connectivity index (χ1) is 70.1. The fourth-order valence-corrected chi connectivity index (χ4v) is 18.6. The van der Waals surface area contributed by atoms with Gasteiger partial charge in [0, 0.05) is 181 Å². The van der Waals surface area contributed by atoms with Crippen LogP contribution in [0.3, 0.4) is 0 Å². The molecule has 26 rings (SSSR count). The quantitative estimate of drug-likeness (QED) is 0.0921. The van der Waals surface area contributed by atoms with Crippen molar-refractivity contribution in [1.82, 2.24) is 24.9 Å². The second-order valence-electron chi connectivity index (χ2n) is 33.8. The minimum Gasteiger partial charge on any atom is -0.455 e. The molecule has 0 saturated heterocycles. The summed E-state index contributed by atoms with van der Waals surface area (Å²) in [6, 6.07) is 167. The first-order valence-corrected chi connectivity index (χ1v) is 47.0. The predicted molar refractivity (Wildman–Crippen MR) is 577 cm³/mol. The minimum absolute atomic E-state index is 0.809. The number of fused-ring (bicyclic) bond motifs is 5. The largest absolute Gasteiger partial charge is 0.455 e. The highest BCUT2D eigenvalue weighted by molar-refractivity contribution is 6.11. The van der Waals surface area contributed by atoms with Gasteiger partial charge in [0.05, 0.1) is 5.69 Å². The monoisotopic (exact) mass is 1810 g/mol. The molecule has 10 heterocycles. The number of aromatic nitrogens is 5. The van der Waals surface area contributed by atoms with Crippen molar-refractivity contribution in [2.75, 3.05) is 0 Å². The normalized spacial score (nSPS) is 11.0. The standard InChI is InChI=1S/C31H21NO.4C25H17NO/c1-4-12-22(13-5-1)27-20-32-21-28(23-14-6-2-7-15-23)29(27)31-26-19-11-10-18-25(26)30(33-31)24-16-8-3-9-17-24;1-3-10-18(11-4-1)20-16-9-17-26-23(20)25-22-15-8-7-14-21(22)24(27-25)19-12-5-2-6-13-19;1-3-10-18(11-4-1)23-22(16-9-17-26-23)25-21-15-8-7-14-20(21)24(27-25)19-12-5-2-6-13-19;1-3-9-18(10-4-1)20-15-16-26-17-23(20)25-22-14-8-7-13-21(22)24(27-25)19-11-5-2-6-12-19;1-3-9-18(10-4-1)23-17-26-16-15-22(23)25-21-14-8-7-13-20(21)24(27-25)19-11-5-2-6-12-19/h1-21H;4*1-17H. The SMILES string of the molecule is c1ccc(-c2cccnc2-c2oc(-c3ccccc3)c3ccccc23)cc1.c1ccc(-c2ccncc2-c2oc(-c3ccccc3)c3ccccc23)cc1.c1ccc(-c2cncc(-c3ccccc3)c2-c2oc(-c3ccccc3)c3ccccc23)cc1.c1ccc(-c2cnccc2-c2oc(-c3ccccc3)c3ccccc23)cc1.c1ccc(-c2ncccc2-c2oc(-c3ccccc3)c3ccccc23)cc1. The van der Waals surface area contributed by atoms with Crippen LogP contribution in [0, 0.1) is 0 Å². The average molecular weight is 1810 g/mol. The van der Waals surface area contributed by atoms with Crippen LogP contribution in [0.15, 0.2) is 563 Å². The zero-order valence-electron chi connectivity index (χ0n) is 76.7.